The van der Waals surface area contributed by atoms with E-state index in [4.69, 9.17) is 19.6 Å². The van der Waals surface area contributed by atoms with E-state index in [1.165, 1.54) is 17.7 Å². The predicted molar refractivity (Wildman–Crippen MR) is 155 cm³/mol. The van der Waals surface area contributed by atoms with Gasteiger partial charge in [-0.3, -0.25) is 4.79 Å². The first-order chi connectivity index (χ1) is 18.0. The molecule has 0 spiro atoms. The van der Waals surface area contributed by atoms with Crippen LogP contribution in [0.25, 0.3) is 0 Å². The van der Waals surface area contributed by atoms with Gasteiger partial charge in [0.25, 0.3) is 5.91 Å². The molecule has 0 fully saturated rings. The van der Waals surface area contributed by atoms with Crippen LogP contribution < -0.4 is 14.8 Å². The van der Waals surface area contributed by atoms with Crippen LogP contribution >= 0.6 is 33.9 Å². The SMILES string of the molecule is CCOc1cc(C=Nc2sc3c(c2C(=O)Nc2ccccc2)CCCCCC3)cc(I)c1OCC(=O)O. The number of carboxylic acid groups (broad SMARTS) is 1. The summed E-state index contributed by atoms with van der Waals surface area (Å²) in [4.78, 5) is 30.5. The van der Waals surface area contributed by atoms with Gasteiger partial charge in [-0.25, -0.2) is 9.79 Å². The van der Waals surface area contributed by atoms with Gasteiger partial charge in [0, 0.05) is 16.8 Å². The monoisotopic (exact) mass is 632 g/mol. The van der Waals surface area contributed by atoms with Crippen LogP contribution in [0.15, 0.2) is 47.5 Å². The fourth-order valence-corrected chi connectivity index (χ4v) is 6.29. The van der Waals surface area contributed by atoms with Crippen molar-refractivity contribution in [2.75, 3.05) is 18.5 Å². The second-order valence-corrected chi connectivity index (χ2v) is 10.9. The highest BCUT2D eigenvalue weighted by molar-refractivity contribution is 14.1. The van der Waals surface area contributed by atoms with Crippen molar-refractivity contribution >= 4 is 62.7 Å². The number of nitrogens with zero attached hydrogens (tertiary/aromatic N) is 1. The van der Waals surface area contributed by atoms with Crippen LogP contribution in [-0.4, -0.2) is 36.4 Å². The quantitative estimate of drug-likeness (QED) is 0.198. The van der Waals surface area contributed by atoms with Gasteiger partial charge in [-0.05, 0) is 90.6 Å². The lowest BCUT2D eigenvalue weighted by molar-refractivity contribution is -0.139. The van der Waals surface area contributed by atoms with E-state index in [1.54, 1.807) is 23.6 Å². The Morgan fingerprint density at radius 1 is 1.11 bits per heavy atom. The van der Waals surface area contributed by atoms with Gasteiger partial charge in [-0.15, -0.1) is 11.3 Å². The highest BCUT2D eigenvalue weighted by Gasteiger charge is 2.24. The topological polar surface area (TPSA) is 97.2 Å². The highest BCUT2D eigenvalue weighted by atomic mass is 127. The second-order valence-electron chi connectivity index (χ2n) is 8.62. The Balaban J connectivity index is 1.69. The Kier molecular flexibility index (Phi) is 9.56. The van der Waals surface area contributed by atoms with E-state index < -0.39 is 12.6 Å². The molecule has 1 aliphatic rings. The van der Waals surface area contributed by atoms with E-state index in [2.05, 4.69) is 27.9 Å². The van der Waals surface area contributed by atoms with E-state index in [1.807, 2.05) is 43.3 Å². The fourth-order valence-electron chi connectivity index (χ4n) is 4.28. The number of fused-ring (bicyclic) bond motifs is 1. The second kappa shape index (κ2) is 13.0. The molecule has 9 heteroatoms. The Labute approximate surface area is 234 Å². The molecular weight excluding hydrogens is 603 g/mol. The molecule has 2 aromatic carbocycles. The number of halogens is 1. The van der Waals surface area contributed by atoms with Gasteiger partial charge >= 0.3 is 5.97 Å². The largest absolute Gasteiger partial charge is 0.490 e. The molecule has 0 bridgehead atoms. The van der Waals surface area contributed by atoms with E-state index in [-0.39, 0.29) is 5.91 Å². The number of carbonyl (C=O) groups is 2. The number of nitrogens with one attached hydrogen (secondary N) is 1. The number of ether oxygens (including phenoxy) is 2. The third-order valence-corrected chi connectivity index (χ3v) is 7.92. The van der Waals surface area contributed by atoms with Crippen molar-refractivity contribution in [1.82, 2.24) is 0 Å². The molecule has 1 aliphatic carbocycles. The molecule has 37 heavy (non-hydrogen) atoms. The number of carboxylic acids is 1. The van der Waals surface area contributed by atoms with Crippen molar-refractivity contribution in [2.24, 2.45) is 4.99 Å². The number of aryl methyl sites for hydroxylation is 1. The summed E-state index contributed by atoms with van der Waals surface area (Å²) in [6.07, 6.45) is 8.11. The molecule has 0 aliphatic heterocycles. The number of aliphatic carboxylic acids is 1. The van der Waals surface area contributed by atoms with Crippen LogP contribution in [0.1, 0.15) is 59.0 Å². The number of thiophene rings is 1. The molecule has 0 atom stereocenters. The third kappa shape index (κ3) is 7.10. The molecule has 194 valence electrons. The van der Waals surface area contributed by atoms with Crippen molar-refractivity contribution in [3.63, 3.8) is 0 Å². The number of hydrogen-bond donors (Lipinski definition) is 2. The maximum Gasteiger partial charge on any atom is 0.341 e. The molecule has 1 aromatic heterocycles. The Morgan fingerprint density at radius 3 is 2.59 bits per heavy atom. The summed E-state index contributed by atoms with van der Waals surface area (Å²) in [6, 6.07) is 13.1. The lowest BCUT2D eigenvalue weighted by Gasteiger charge is -2.13. The molecule has 3 aromatic rings. The number of para-hydroxylation sites is 1. The summed E-state index contributed by atoms with van der Waals surface area (Å²) < 4.78 is 11.9. The van der Waals surface area contributed by atoms with Gasteiger partial charge in [0.05, 0.1) is 15.7 Å². The summed E-state index contributed by atoms with van der Waals surface area (Å²) in [7, 11) is 0. The van der Waals surface area contributed by atoms with Crippen molar-refractivity contribution in [3.8, 4) is 11.5 Å². The van der Waals surface area contributed by atoms with E-state index in [9.17, 15) is 9.59 Å². The van der Waals surface area contributed by atoms with Crippen LogP contribution in [0.3, 0.4) is 0 Å². The van der Waals surface area contributed by atoms with Crippen molar-refractivity contribution in [2.45, 2.75) is 45.4 Å². The molecule has 1 heterocycles. The van der Waals surface area contributed by atoms with Gasteiger partial charge in [-0.2, -0.15) is 0 Å². The predicted octanol–water partition coefficient (Wildman–Crippen LogP) is 6.88. The zero-order valence-corrected chi connectivity index (χ0v) is 23.6. The van der Waals surface area contributed by atoms with Crippen molar-refractivity contribution in [3.05, 3.63) is 67.6 Å². The lowest BCUT2D eigenvalue weighted by atomic mass is 9.96. The van der Waals surface area contributed by atoms with Crippen LogP contribution in [-0.2, 0) is 17.6 Å². The average molecular weight is 633 g/mol. The number of amides is 1. The summed E-state index contributed by atoms with van der Waals surface area (Å²) in [6.45, 7) is 1.80. The summed E-state index contributed by atoms with van der Waals surface area (Å²) in [5.41, 5.74) is 3.29. The normalized spacial score (nSPS) is 13.5. The number of aliphatic imine (C=N–C) groups is 1. The Hall–Kier alpha value is -2.92. The van der Waals surface area contributed by atoms with E-state index in [0.29, 0.717) is 32.2 Å². The first-order valence-corrected chi connectivity index (χ1v) is 14.2. The Morgan fingerprint density at radius 2 is 1.86 bits per heavy atom. The zero-order chi connectivity index (χ0) is 26.2. The van der Waals surface area contributed by atoms with Gasteiger partial charge in [-0.1, -0.05) is 31.0 Å². The summed E-state index contributed by atoms with van der Waals surface area (Å²) in [5, 5.41) is 12.7. The van der Waals surface area contributed by atoms with Crippen LogP contribution in [0.4, 0.5) is 10.7 Å². The lowest BCUT2D eigenvalue weighted by Crippen LogP contribution is -2.14. The number of carbonyl (C=O) groups excluding carboxylic acids is 1. The van der Waals surface area contributed by atoms with Crippen molar-refractivity contribution < 1.29 is 24.2 Å². The van der Waals surface area contributed by atoms with Gasteiger partial charge in [0.2, 0.25) is 0 Å². The van der Waals surface area contributed by atoms with Gasteiger partial charge in [0.1, 0.15) is 5.00 Å². The zero-order valence-electron chi connectivity index (χ0n) is 20.6. The number of rotatable bonds is 9. The minimum atomic E-state index is -1.06. The smallest absolute Gasteiger partial charge is 0.341 e. The molecule has 0 unspecified atom stereocenters. The number of hydrogen-bond acceptors (Lipinski definition) is 6. The Bertz CT molecular complexity index is 1290. The highest BCUT2D eigenvalue weighted by Crippen LogP contribution is 2.40. The average Bonchev–Trinajstić information content (AvgIpc) is 3.19. The molecule has 1 amide bonds. The van der Waals surface area contributed by atoms with E-state index >= 15 is 0 Å². The molecular formula is C28H29IN2O5S. The van der Waals surface area contributed by atoms with Crippen LogP contribution in [0.2, 0.25) is 0 Å². The van der Waals surface area contributed by atoms with E-state index in [0.717, 1.165) is 42.5 Å². The molecule has 0 saturated heterocycles. The number of anilines is 1. The first kappa shape index (κ1) is 27.1. The molecule has 0 radical (unpaired) electrons. The van der Waals surface area contributed by atoms with Crippen molar-refractivity contribution in [1.29, 1.82) is 0 Å². The maximum atomic E-state index is 13.5. The standard InChI is InChI=1S/C28H29IN2O5S/c1-2-35-22-15-18(14-21(29)26(22)36-17-24(32)33)16-30-28-25(27(34)31-19-10-6-5-7-11-19)20-12-8-3-4-9-13-23(20)37-28/h5-7,10-11,14-16H,2-4,8-9,12-13,17H2,1H3,(H,31,34)(H,32,33). The summed E-state index contributed by atoms with van der Waals surface area (Å²) in [5.74, 6) is -0.349. The molecule has 7 nitrogen and oxygen atoms in total. The van der Waals surface area contributed by atoms with Crippen LogP contribution in [0, 0.1) is 3.57 Å². The number of benzene rings is 2. The van der Waals surface area contributed by atoms with Gasteiger partial charge < -0.3 is 19.9 Å². The molecule has 4 rings (SSSR count). The third-order valence-electron chi connectivity index (χ3n) is 5.91. The van der Waals surface area contributed by atoms with Crippen LogP contribution in [0.5, 0.6) is 11.5 Å². The maximum absolute atomic E-state index is 13.5. The minimum Gasteiger partial charge on any atom is -0.490 e. The fraction of sp³-hybridized carbons (Fsp3) is 0.321. The summed E-state index contributed by atoms with van der Waals surface area (Å²) >= 11 is 3.69. The molecule has 2 N–H and O–H groups in total. The molecule has 0 saturated carbocycles. The first-order valence-electron chi connectivity index (χ1n) is 12.3. The van der Waals surface area contributed by atoms with Gasteiger partial charge in [0.15, 0.2) is 18.1 Å². The minimum absolute atomic E-state index is 0.140.